The monoisotopic (exact) mass is 467 g/mol. The summed E-state index contributed by atoms with van der Waals surface area (Å²) in [6, 6.07) is 8.95. The lowest BCUT2D eigenvalue weighted by molar-refractivity contribution is -0.384. The molecule has 0 aliphatic heterocycles. The molecule has 0 radical (unpaired) electrons. The van der Waals surface area contributed by atoms with Crippen molar-refractivity contribution in [2.75, 3.05) is 19.0 Å². The molecule has 2 N–H and O–H groups in total. The summed E-state index contributed by atoms with van der Waals surface area (Å²) in [6.07, 6.45) is 0.871. The Morgan fingerprint density at radius 2 is 1.96 bits per heavy atom. The first-order chi connectivity index (χ1) is 13.3. The number of amides is 1. The molecular weight excluding hydrogens is 450 g/mol. The van der Waals surface area contributed by atoms with E-state index in [2.05, 4.69) is 26.6 Å². The summed E-state index contributed by atoms with van der Waals surface area (Å²) in [4.78, 5) is 22.8. The van der Waals surface area contributed by atoms with E-state index in [1.807, 2.05) is 6.92 Å². The first-order valence-corrected chi connectivity index (χ1v) is 9.43. The molecule has 1 amide bonds. The highest BCUT2D eigenvalue weighted by molar-refractivity contribution is 9.10. The maximum absolute atomic E-state index is 12.4. The van der Waals surface area contributed by atoms with Gasteiger partial charge in [-0.1, -0.05) is 6.92 Å². The van der Waals surface area contributed by atoms with Crippen molar-refractivity contribution in [2.24, 2.45) is 0 Å². The number of nitrogens with zero attached hydrogens (tertiary/aromatic N) is 1. The van der Waals surface area contributed by atoms with Gasteiger partial charge in [-0.25, -0.2) is 0 Å². The molecule has 2 rings (SSSR count). The Labute approximate surface area is 175 Å². The number of hydrogen-bond donors (Lipinski definition) is 2. The van der Waals surface area contributed by atoms with Crippen LogP contribution >= 0.6 is 28.1 Å². The van der Waals surface area contributed by atoms with Gasteiger partial charge in [-0.3, -0.25) is 20.2 Å². The van der Waals surface area contributed by atoms with Crippen LogP contribution in [0.1, 0.15) is 23.7 Å². The fourth-order valence-electron chi connectivity index (χ4n) is 2.21. The number of carbonyl (C=O) groups is 1. The van der Waals surface area contributed by atoms with Crippen molar-refractivity contribution >= 4 is 50.5 Å². The SMILES string of the molecule is CCCOc1ccc(C(=O)NC(=S)Nc2cc([N+](=O)[O-])ccc2OC)cc1Br. The van der Waals surface area contributed by atoms with Crippen LogP contribution in [0.5, 0.6) is 11.5 Å². The van der Waals surface area contributed by atoms with Gasteiger partial charge in [0.25, 0.3) is 11.6 Å². The van der Waals surface area contributed by atoms with E-state index in [9.17, 15) is 14.9 Å². The molecule has 0 fully saturated rings. The predicted molar refractivity (Wildman–Crippen MR) is 113 cm³/mol. The minimum Gasteiger partial charge on any atom is -0.495 e. The average Bonchev–Trinajstić information content (AvgIpc) is 2.66. The second kappa shape index (κ2) is 10.00. The van der Waals surface area contributed by atoms with Crippen LogP contribution in [-0.4, -0.2) is 29.7 Å². The normalized spacial score (nSPS) is 10.1. The Hall–Kier alpha value is -2.72. The summed E-state index contributed by atoms with van der Waals surface area (Å²) < 4.78 is 11.4. The quantitative estimate of drug-likeness (QED) is 0.355. The largest absolute Gasteiger partial charge is 0.495 e. The predicted octanol–water partition coefficient (Wildman–Crippen LogP) is 4.28. The van der Waals surface area contributed by atoms with Gasteiger partial charge in [0.2, 0.25) is 0 Å². The van der Waals surface area contributed by atoms with Gasteiger partial charge >= 0.3 is 0 Å². The van der Waals surface area contributed by atoms with Crippen LogP contribution in [0.15, 0.2) is 40.9 Å². The second-order valence-electron chi connectivity index (χ2n) is 5.54. The molecule has 0 bridgehead atoms. The number of benzene rings is 2. The van der Waals surface area contributed by atoms with E-state index in [1.165, 1.54) is 25.3 Å². The van der Waals surface area contributed by atoms with Crippen LogP contribution in [0.3, 0.4) is 0 Å². The maximum atomic E-state index is 12.4. The lowest BCUT2D eigenvalue weighted by Crippen LogP contribution is -2.34. The van der Waals surface area contributed by atoms with Gasteiger partial charge in [0.1, 0.15) is 11.5 Å². The highest BCUT2D eigenvalue weighted by Gasteiger charge is 2.15. The Morgan fingerprint density at radius 3 is 2.57 bits per heavy atom. The van der Waals surface area contributed by atoms with Crippen molar-refractivity contribution in [1.29, 1.82) is 0 Å². The van der Waals surface area contributed by atoms with Crippen molar-refractivity contribution in [1.82, 2.24) is 5.32 Å². The first kappa shape index (κ1) is 21.6. The molecule has 0 aromatic heterocycles. The van der Waals surface area contributed by atoms with Crippen molar-refractivity contribution in [3.63, 3.8) is 0 Å². The molecule has 2 aromatic rings. The fourth-order valence-corrected chi connectivity index (χ4v) is 2.90. The molecule has 0 atom stereocenters. The summed E-state index contributed by atoms with van der Waals surface area (Å²) >= 11 is 8.51. The van der Waals surface area contributed by atoms with E-state index in [0.29, 0.717) is 28.1 Å². The number of non-ortho nitro benzene ring substituents is 1. The highest BCUT2D eigenvalue weighted by atomic mass is 79.9. The molecule has 0 aliphatic carbocycles. The molecule has 28 heavy (non-hydrogen) atoms. The lowest BCUT2D eigenvalue weighted by atomic mass is 10.2. The molecule has 0 saturated carbocycles. The number of anilines is 1. The molecule has 2 aromatic carbocycles. The number of ether oxygens (including phenoxy) is 2. The second-order valence-corrected chi connectivity index (χ2v) is 6.81. The number of methoxy groups -OCH3 is 1. The summed E-state index contributed by atoms with van der Waals surface area (Å²) in [5, 5.41) is 16.2. The van der Waals surface area contributed by atoms with E-state index in [1.54, 1.807) is 18.2 Å². The number of carbonyl (C=O) groups excluding carboxylic acids is 1. The zero-order valence-corrected chi connectivity index (χ0v) is 17.6. The maximum Gasteiger partial charge on any atom is 0.271 e. The van der Waals surface area contributed by atoms with Crippen LogP contribution in [0.25, 0.3) is 0 Å². The van der Waals surface area contributed by atoms with Crippen LogP contribution in [0, 0.1) is 10.1 Å². The Bertz CT molecular complexity index is 907. The Kier molecular flexibility index (Phi) is 7.70. The third-order valence-electron chi connectivity index (χ3n) is 3.52. The zero-order chi connectivity index (χ0) is 20.7. The summed E-state index contributed by atoms with van der Waals surface area (Å²) in [7, 11) is 1.42. The topological polar surface area (TPSA) is 103 Å². The Balaban J connectivity index is 2.09. The summed E-state index contributed by atoms with van der Waals surface area (Å²) in [5.74, 6) is 0.549. The number of nitrogens with one attached hydrogen (secondary N) is 2. The van der Waals surface area contributed by atoms with Gasteiger partial charge in [-0.2, -0.15) is 0 Å². The first-order valence-electron chi connectivity index (χ1n) is 8.22. The third-order valence-corrected chi connectivity index (χ3v) is 4.35. The summed E-state index contributed by atoms with van der Waals surface area (Å²) in [6.45, 7) is 2.57. The average molecular weight is 468 g/mol. The smallest absolute Gasteiger partial charge is 0.271 e. The fraction of sp³-hybridized carbons (Fsp3) is 0.222. The van der Waals surface area contributed by atoms with Gasteiger partial charge in [0.05, 0.1) is 28.8 Å². The molecule has 0 spiro atoms. The number of thiocarbonyl (C=S) groups is 1. The number of nitro groups is 1. The minimum atomic E-state index is -0.536. The van der Waals surface area contributed by atoms with E-state index in [0.717, 1.165) is 6.42 Å². The molecule has 0 saturated heterocycles. The van der Waals surface area contributed by atoms with E-state index < -0.39 is 10.8 Å². The van der Waals surface area contributed by atoms with Gasteiger partial charge in [0, 0.05) is 17.7 Å². The highest BCUT2D eigenvalue weighted by Crippen LogP contribution is 2.29. The van der Waals surface area contributed by atoms with E-state index in [-0.39, 0.29) is 16.5 Å². The molecule has 0 unspecified atom stereocenters. The molecule has 0 heterocycles. The van der Waals surface area contributed by atoms with Crippen molar-refractivity contribution < 1.29 is 19.2 Å². The molecule has 10 heteroatoms. The number of halogens is 1. The Morgan fingerprint density at radius 1 is 1.25 bits per heavy atom. The van der Waals surface area contributed by atoms with Crippen molar-refractivity contribution in [3.8, 4) is 11.5 Å². The molecule has 0 aliphatic rings. The number of nitro benzene ring substituents is 1. The van der Waals surface area contributed by atoms with Gasteiger partial charge < -0.3 is 14.8 Å². The van der Waals surface area contributed by atoms with Crippen molar-refractivity contribution in [3.05, 3.63) is 56.5 Å². The zero-order valence-electron chi connectivity index (χ0n) is 15.2. The van der Waals surface area contributed by atoms with Gasteiger partial charge in [-0.15, -0.1) is 0 Å². The molecule has 148 valence electrons. The third kappa shape index (κ3) is 5.64. The summed E-state index contributed by atoms with van der Waals surface area (Å²) in [5.41, 5.74) is 0.501. The van der Waals surface area contributed by atoms with Crippen LogP contribution in [-0.2, 0) is 0 Å². The standard InChI is InChI=1S/C18H18BrN3O5S/c1-3-8-27-15-6-4-11(9-13(15)19)17(23)21-18(28)20-14-10-12(22(24)25)5-7-16(14)26-2/h4-7,9-10H,3,8H2,1-2H3,(H2,20,21,23,28). The molecular formula is C18H18BrN3O5S. The molecule has 8 nitrogen and oxygen atoms in total. The van der Waals surface area contributed by atoms with Crippen LogP contribution < -0.4 is 20.1 Å². The van der Waals surface area contributed by atoms with Crippen molar-refractivity contribution in [2.45, 2.75) is 13.3 Å². The number of rotatable bonds is 7. The van der Waals surface area contributed by atoms with Gasteiger partial charge in [-0.05, 0) is 58.8 Å². The van der Waals surface area contributed by atoms with Crippen LogP contribution in [0.4, 0.5) is 11.4 Å². The number of hydrogen-bond acceptors (Lipinski definition) is 6. The minimum absolute atomic E-state index is 0.0220. The van der Waals surface area contributed by atoms with Gasteiger partial charge in [0.15, 0.2) is 5.11 Å². The van der Waals surface area contributed by atoms with Crippen LogP contribution in [0.2, 0.25) is 0 Å². The van der Waals surface area contributed by atoms with E-state index in [4.69, 9.17) is 21.7 Å². The lowest BCUT2D eigenvalue weighted by Gasteiger charge is -2.13. The van der Waals surface area contributed by atoms with E-state index >= 15 is 0 Å².